The van der Waals surface area contributed by atoms with Crippen LogP contribution in [0.2, 0.25) is 0 Å². The third-order valence-corrected chi connectivity index (χ3v) is 12.1. The zero-order chi connectivity index (χ0) is 49.3. The summed E-state index contributed by atoms with van der Waals surface area (Å²) < 4.78 is 23.4. The lowest BCUT2D eigenvalue weighted by molar-refractivity contribution is -0.393. The summed E-state index contributed by atoms with van der Waals surface area (Å²) in [4.78, 5) is 62.4. The molecule has 0 aromatic heterocycles. The molecule has 21 nitrogen and oxygen atoms in total. The molecule has 0 radical (unpaired) electrons. The lowest BCUT2D eigenvalue weighted by Crippen LogP contribution is -2.46. The van der Waals surface area contributed by atoms with Gasteiger partial charge in [0, 0.05) is 74.3 Å². The molecule has 354 valence electrons. The summed E-state index contributed by atoms with van der Waals surface area (Å²) in [6.45, 7) is 12.0. The zero-order valence-corrected chi connectivity index (χ0v) is 37.8. The van der Waals surface area contributed by atoms with Crippen LogP contribution in [0.1, 0.15) is 70.0 Å². The predicted molar refractivity (Wildman–Crippen MR) is 240 cm³/mol. The van der Waals surface area contributed by atoms with E-state index in [0.717, 1.165) is 35.7 Å². The average Bonchev–Trinajstić information content (AvgIpc) is 3.53. The van der Waals surface area contributed by atoms with Gasteiger partial charge in [-0.2, -0.15) is 5.10 Å². The number of hydrogen-bond acceptors (Lipinski definition) is 18. The number of nitro benzene ring substituents is 2. The molecule has 21 heteroatoms. The van der Waals surface area contributed by atoms with E-state index in [9.17, 15) is 60.1 Å². The number of allylic oxidation sites excluding steroid dienone is 2. The molecule has 0 spiro atoms. The van der Waals surface area contributed by atoms with Crippen molar-refractivity contribution in [2.24, 2.45) is 28.8 Å². The first-order valence-corrected chi connectivity index (χ1v) is 20.7. The van der Waals surface area contributed by atoms with Crippen molar-refractivity contribution in [2.75, 3.05) is 24.5 Å². The van der Waals surface area contributed by atoms with Crippen molar-refractivity contribution < 1.29 is 68.7 Å². The predicted octanol–water partition coefficient (Wildman–Crippen LogP) is 6.04. The number of phenols is 3. The van der Waals surface area contributed by atoms with Crippen molar-refractivity contribution in [3.63, 3.8) is 0 Å². The lowest BCUT2D eigenvalue weighted by atomic mass is 9.78. The summed E-state index contributed by atoms with van der Waals surface area (Å²) in [7, 11) is 2.63. The number of nitro groups is 2. The lowest BCUT2D eigenvalue weighted by Gasteiger charge is -2.38. The van der Waals surface area contributed by atoms with Gasteiger partial charge >= 0.3 is 17.4 Å². The Morgan fingerprint density at radius 3 is 2.23 bits per heavy atom. The Hall–Kier alpha value is -7.10. The standard InChI is InChI=1S/C45H53N5O16/c1-20-12-11-13-21(2)44(58)47-35-28(19-46-48(9)29-15-14-27(49(59)60)18-30(29)50(61)62)39(55)32-33(40(35)56)38(54)25(6)42-34(32)43(57)45(8,66-42)64-17-16-31(63-10)22(3)41(65-26(7)51)24(5)37(53)23(4)36(20)52/h11-20,22-24,31,36-37,41,52-56H,1-10H3,(H,47,58)/b12-11+,17-16+,21-13-,46-19+/t20-,22+,23+,24+,31-,36-,37+,41+,45-/m0/s1. The van der Waals surface area contributed by atoms with Gasteiger partial charge in [-0.05, 0) is 26.0 Å². The smallest absolute Gasteiger partial charge is 0.312 e. The van der Waals surface area contributed by atoms with Gasteiger partial charge in [-0.15, -0.1) is 0 Å². The number of carbonyl (C=O) groups excluding carboxylic acids is 3. The van der Waals surface area contributed by atoms with E-state index in [1.165, 1.54) is 60.1 Å². The van der Waals surface area contributed by atoms with Gasteiger partial charge in [0.2, 0.25) is 0 Å². The minimum atomic E-state index is -2.19. The number of anilines is 2. The first kappa shape index (κ1) is 49.9. The second-order valence-electron chi connectivity index (χ2n) is 16.6. The number of ether oxygens (including phenoxy) is 4. The molecule has 0 aliphatic carbocycles. The van der Waals surface area contributed by atoms with Crippen LogP contribution in [0.5, 0.6) is 23.0 Å². The third-order valence-electron chi connectivity index (χ3n) is 12.1. The van der Waals surface area contributed by atoms with Gasteiger partial charge in [0.25, 0.3) is 17.4 Å². The highest BCUT2D eigenvalue weighted by atomic mass is 16.7. The quantitative estimate of drug-likeness (QED) is 0.0393. The Balaban J connectivity index is 1.75. The number of phenolic OH excluding ortho intramolecular Hbond substituents is 3. The van der Waals surface area contributed by atoms with E-state index in [0.29, 0.717) is 0 Å². The largest absolute Gasteiger partial charge is 0.507 e. The summed E-state index contributed by atoms with van der Waals surface area (Å²) in [5.41, 5.74) is -2.92. The molecular formula is C45H53N5O16. The number of methoxy groups -OCH3 is 1. The summed E-state index contributed by atoms with van der Waals surface area (Å²) in [6.07, 6.45) is 3.71. The van der Waals surface area contributed by atoms with Gasteiger partial charge in [0.05, 0.1) is 68.9 Å². The number of Topliss-reactive ketones (excluding diaryl/α,β-unsaturated/α-hetero) is 1. The van der Waals surface area contributed by atoms with Gasteiger partial charge in [0.1, 0.15) is 29.0 Å². The number of hydrazone groups is 1. The number of aromatic hydroxyl groups is 3. The van der Waals surface area contributed by atoms with Crippen LogP contribution in [0.3, 0.4) is 0 Å². The Bertz CT molecular complexity index is 2590. The molecule has 0 saturated heterocycles. The molecule has 0 unspecified atom stereocenters. The SMILES string of the molecule is CO[C@H]1/C=C/O[C@@]2(C)Oc3c(C)c(O)c4c(O)c(c(/C=N/N(C)c5ccc([N+](=O)[O-])cc5[N+](=O)[O-])c(O)c4c3C2=O)NC(=O)/C(C)=C\C=C\[C@H](C)[C@H](O)[C@@H](C)[C@@H](O)[C@@H](C)[C@H](OC(C)=O)[C@@H]1C. The molecular weight excluding hydrogens is 867 g/mol. The van der Waals surface area contributed by atoms with E-state index in [-0.39, 0.29) is 28.1 Å². The maximum absolute atomic E-state index is 14.5. The first-order valence-electron chi connectivity index (χ1n) is 20.7. The second-order valence-corrected chi connectivity index (χ2v) is 16.6. The van der Waals surface area contributed by atoms with E-state index < -0.39 is 132 Å². The number of rotatable bonds is 7. The molecule has 5 bridgehead atoms. The maximum atomic E-state index is 14.5. The van der Waals surface area contributed by atoms with Gasteiger partial charge in [-0.3, -0.25) is 39.6 Å². The van der Waals surface area contributed by atoms with Crippen molar-refractivity contribution in [3.8, 4) is 23.0 Å². The maximum Gasteiger partial charge on any atom is 0.312 e. The van der Waals surface area contributed by atoms with Crippen LogP contribution in [0.4, 0.5) is 22.7 Å². The number of non-ortho nitro benzene ring substituents is 1. The van der Waals surface area contributed by atoms with Crippen molar-refractivity contribution in [2.45, 2.75) is 85.6 Å². The van der Waals surface area contributed by atoms with E-state index in [1.807, 2.05) is 0 Å². The molecule has 6 N–H and O–H groups in total. The highest BCUT2D eigenvalue weighted by molar-refractivity contribution is 6.24. The number of aliphatic hydroxyl groups is 2. The van der Waals surface area contributed by atoms with Crippen molar-refractivity contribution in [1.29, 1.82) is 0 Å². The molecule has 3 aliphatic heterocycles. The van der Waals surface area contributed by atoms with Crippen LogP contribution in [-0.2, 0) is 23.8 Å². The number of ketones is 1. The number of nitrogens with zero attached hydrogens (tertiary/aromatic N) is 4. The van der Waals surface area contributed by atoms with Gasteiger partial charge < -0.3 is 49.8 Å². The van der Waals surface area contributed by atoms with Crippen LogP contribution < -0.4 is 15.1 Å². The average molecular weight is 920 g/mol. The fourth-order valence-electron chi connectivity index (χ4n) is 8.12. The summed E-state index contributed by atoms with van der Waals surface area (Å²) >= 11 is 0. The molecule has 66 heavy (non-hydrogen) atoms. The first-order chi connectivity index (χ1) is 30.9. The van der Waals surface area contributed by atoms with Crippen molar-refractivity contribution >= 4 is 57.4 Å². The van der Waals surface area contributed by atoms with Crippen LogP contribution in [-0.4, -0.2) is 104 Å². The molecule has 0 saturated carbocycles. The number of esters is 1. The molecule has 6 rings (SSSR count). The number of hydrogen-bond donors (Lipinski definition) is 6. The van der Waals surface area contributed by atoms with Crippen LogP contribution in [0, 0.1) is 50.8 Å². The number of amides is 1. The Morgan fingerprint density at radius 2 is 1.62 bits per heavy atom. The van der Waals surface area contributed by atoms with Gasteiger partial charge in [0.15, 0.2) is 5.75 Å². The molecule has 0 fully saturated rings. The van der Waals surface area contributed by atoms with E-state index in [1.54, 1.807) is 33.8 Å². The third kappa shape index (κ3) is 9.49. The molecule has 3 heterocycles. The van der Waals surface area contributed by atoms with E-state index in [2.05, 4.69) is 10.4 Å². The van der Waals surface area contributed by atoms with Gasteiger partial charge in [-0.25, -0.2) is 0 Å². The highest BCUT2D eigenvalue weighted by Gasteiger charge is 2.50. The normalized spacial score (nSPS) is 28.0. The van der Waals surface area contributed by atoms with E-state index in [4.69, 9.17) is 18.9 Å². The topological polar surface area (TPSA) is 303 Å². The fourth-order valence-corrected chi connectivity index (χ4v) is 8.12. The summed E-state index contributed by atoms with van der Waals surface area (Å²) in [5.74, 6) is -9.93. The molecule has 9 atom stereocenters. The number of fused-ring (bicyclic) bond motifs is 14. The number of benzene rings is 3. The summed E-state index contributed by atoms with van der Waals surface area (Å²) in [6, 6.07) is 2.80. The minimum absolute atomic E-state index is 0.0226. The monoisotopic (exact) mass is 919 g/mol. The number of aliphatic hydroxyl groups excluding tert-OH is 2. The number of carbonyl (C=O) groups is 3. The zero-order valence-electron chi connectivity index (χ0n) is 37.8. The minimum Gasteiger partial charge on any atom is -0.507 e. The Labute approximate surface area is 378 Å². The fraction of sp³-hybridized carbons (Fsp3) is 0.422. The van der Waals surface area contributed by atoms with Crippen molar-refractivity contribution in [1.82, 2.24) is 0 Å². The van der Waals surface area contributed by atoms with Crippen LogP contribution >= 0.6 is 0 Å². The van der Waals surface area contributed by atoms with E-state index >= 15 is 0 Å². The molecule has 3 aromatic carbocycles. The molecule has 3 aliphatic rings. The van der Waals surface area contributed by atoms with Gasteiger partial charge in [-0.1, -0.05) is 45.9 Å². The summed E-state index contributed by atoms with van der Waals surface area (Å²) in [5, 5.41) is 88.7. The molecule has 3 aromatic rings. The number of nitrogens with one attached hydrogen (secondary N) is 1. The molecule has 1 amide bonds. The Morgan fingerprint density at radius 1 is 0.955 bits per heavy atom. The van der Waals surface area contributed by atoms with Crippen LogP contribution in [0.15, 0.2) is 59.4 Å². The highest BCUT2D eigenvalue weighted by Crippen LogP contribution is 2.55. The Kier molecular flexibility index (Phi) is 14.8. The van der Waals surface area contributed by atoms with Crippen molar-refractivity contribution in [3.05, 3.63) is 91.3 Å². The second kappa shape index (κ2) is 19.6. The van der Waals surface area contributed by atoms with Crippen LogP contribution in [0.25, 0.3) is 10.8 Å².